The largest absolute Gasteiger partial charge is 0.454 e. The predicted molar refractivity (Wildman–Crippen MR) is 63.1 cm³/mol. The first-order chi connectivity index (χ1) is 8.04. The third kappa shape index (κ3) is 3.88. The summed E-state index contributed by atoms with van der Waals surface area (Å²) >= 11 is 0. The number of rotatable bonds is 5. The Labute approximate surface area is 99.6 Å². The molecule has 0 aliphatic carbocycles. The van der Waals surface area contributed by atoms with E-state index in [0.717, 1.165) is 5.69 Å². The summed E-state index contributed by atoms with van der Waals surface area (Å²) in [6.07, 6.45) is 0. The molecule has 0 saturated carbocycles. The van der Waals surface area contributed by atoms with E-state index >= 15 is 0 Å². The van der Waals surface area contributed by atoms with Gasteiger partial charge in [-0.15, -0.1) is 0 Å². The fourth-order valence-corrected chi connectivity index (χ4v) is 1.17. The molecule has 0 heterocycles. The van der Waals surface area contributed by atoms with Crippen LogP contribution in [0.2, 0.25) is 0 Å². The Hall–Kier alpha value is -1.88. The number of ether oxygens (including phenoxy) is 1. The van der Waals surface area contributed by atoms with Crippen LogP contribution in [0.15, 0.2) is 24.3 Å². The molecule has 0 aliphatic heterocycles. The number of aliphatic hydroxyl groups excluding tert-OH is 1. The fraction of sp³-hybridized carbons (Fsp3) is 0.333. The van der Waals surface area contributed by atoms with Crippen LogP contribution in [0.5, 0.6) is 0 Å². The van der Waals surface area contributed by atoms with Crippen molar-refractivity contribution in [3.05, 3.63) is 29.8 Å². The van der Waals surface area contributed by atoms with Gasteiger partial charge in [0.2, 0.25) is 0 Å². The molecular formula is C12H15NO4. The molecule has 0 bridgehead atoms. The van der Waals surface area contributed by atoms with Gasteiger partial charge in [0, 0.05) is 19.8 Å². The quantitative estimate of drug-likeness (QED) is 0.754. The van der Waals surface area contributed by atoms with Crippen molar-refractivity contribution in [1.82, 2.24) is 0 Å². The monoisotopic (exact) mass is 237 g/mol. The van der Waals surface area contributed by atoms with Gasteiger partial charge in [0.15, 0.2) is 12.4 Å². The zero-order chi connectivity index (χ0) is 12.8. The number of aliphatic hydroxyl groups is 1. The summed E-state index contributed by atoms with van der Waals surface area (Å²) in [7, 11) is 3.79. The first kappa shape index (κ1) is 13.2. The van der Waals surface area contributed by atoms with E-state index in [9.17, 15) is 9.59 Å². The lowest BCUT2D eigenvalue weighted by molar-refractivity contribution is -0.124. The number of carbonyl (C=O) groups is 2. The van der Waals surface area contributed by atoms with Crippen LogP contribution in [-0.2, 0) is 9.53 Å². The first-order valence-electron chi connectivity index (χ1n) is 5.11. The Morgan fingerprint density at radius 2 is 1.82 bits per heavy atom. The van der Waals surface area contributed by atoms with Crippen molar-refractivity contribution in [3.8, 4) is 0 Å². The van der Waals surface area contributed by atoms with Crippen LogP contribution in [0.3, 0.4) is 0 Å². The van der Waals surface area contributed by atoms with E-state index in [1.54, 1.807) is 24.3 Å². The smallest absolute Gasteiger partial charge is 0.338 e. The van der Waals surface area contributed by atoms with Crippen molar-refractivity contribution in [3.63, 3.8) is 0 Å². The summed E-state index contributed by atoms with van der Waals surface area (Å²) in [4.78, 5) is 24.1. The third-order valence-corrected chi connectivity index (χ3v) is 2.16. The highest BCUT2D eigenvalue weighted by atomic mass is 16.5. The number of hydrogen-bond acceptors (Lipinski definition) is 5. The van der Waals surface area contributed by atoms with Gasteiger partial charge in [-0.2, -0.15) is 0 Å². The lowest BCUT2D eigenvalue weighted by Gasteiger charge is -2.12. The molecule has 17 heavy (non-hydrogen) atoms. The number of benzene rings is 1. The summed E-state index contributed by atoms with van der Waals surface area (Å²) in [6, 6.07) is 6.82. The highest BCUT2D eigenvalue weighted by Gasteiger charge is 2.09. The molecule has 1 rings (SSSR count). The molecular weight excluding hydrogens is 222 g/mol. The number of anilines is 1. The van der Waals surface area contributed by atoms with Crippen molar-refractivity contribution in [2.45, 2.75) is 0 Å². The summed E-state index contributed by atoms with van der Waals surface area (Å²) in [5.41, 5.74) is 1.34. The number of nitrogens with zero attached hydrogens (tertiary/aromatic N) is 1. The van der Waals surface area contributed by atoms with Crippen LogP contribution >= 0.6 is 0 Å². The van der Waals surface area contributed by atoms with Gasteiger partial charge in [0.1, 0.15) is 6.61 Å². The predicted octanol–water partition coefficient (Wildman–Crippen LogP) is 0.471. The SMILES string of the molecule is CN(C)c1ccc(C(=O)OCC(=O)CO)cc1. The molecule has 0 unspecified atom stereocenters. The molecule has 5 nitrogen and oxygen atoms in total. The Kier molecular flexibility index (Phi) is 4.66. The average molecular weight is 237 g/mol. The molecule has 0 saturated heterocycles. The molecule has 1 aromatic carbocycles. The second-order valence-corrected chi connectivity index (χ2v) is 3.71. The van der Waals surface area contributed by atoms with Crippen LogP contribution in [-0.4, -0.2) is 44.2 Å². The summed E-state index contributed by atoms with van der Waals surface area (Å²) in [5.74, 6) is -1.10. The van der Waals surface area contributed by atoms with Crippen molar-refractivity contribution < 1.29 is 19.4 Å². The van der Waals surface area contributed by atoms with E-state index in [4.69, 9.17) is 9.84 Å². The Morgan fingerprint density at radius 1 is 1.24 bits per heavy atom. The van der Waals surface area contributed by atoms with Crippen LogP contribution in [0.4, 0.5) is 5.69 Å². The molecule has 0 spiro atoms. The van der Waals surface area contributed by atoms with Crippen molar-refractivity contribution >= 4 is 17.4 Å². The molecule has 0 radical (unpaired) electrons. The minimum atomic E-state index is -0.618. The molecule has 5 heteroatoms. The molecule has 1 aromatic rings. The molecule has 1 N–H and O–H groups in total. The Balaban J connectivity index is 2.61. The molecule has 0 fully saturated rings. The van der Waals surface area contributed by atoms with Gasteiger partial charge in [-0.05, 0) is 24.3 Å². The molecule has 92 valence electrons. The number of esters is 1. The highest BCUT2D eigenvalue weighted by molar-refractivity contribution is 5.92. The van der Waals surface area contributed by atoms with Crippen LogP contribution in [0, 0.1) is 0 Å². The van der Waals surface area contributed by atoms with E-state index in [0.29, 0.717) is 5.56 Å². The second-order valence-electron chi connectivity index (χ2n) is 3.71. The maximum Gasteiger partial charge on any atom is 0.338 e. The van der Waals surface area contributed by atoms with E-state index < -0.39 is 25.0 Å². The van der Waals surface area contributed by atoms with E-state index in [-0.39, 0.29) is 0 Å². The van der Waals surface area contributed by atoms with Gasteiger partial charge >= 0.3 is 5.97 Å². The number of ketones is 1. The zero-order valence-electron chi connectivity index (χ0n) is 9.84. The lowest BCUT2D eigenvalue weighted by Crippen LogP contribution is -2.16. The molecule has 0 aromatic heterocycles. The molecule has 0 amide bonds. The van der Waals surface area contributed by atoms with E-state index in [2.05, 4.69) is 0 Å². The van der Waals surface area contributed by atoms with Crippen LogP contribution in [0.25, 0.3) is 0 Å². The maximum atomic E-state index is 11.5. The maximum absolute atomic E-state index is 11.5. The van der Waals surface area contributed by atoms with Crippen molar-refractivity contribution in [1.29, 1.82) is 0 Å². The topological polar surface area (TPSA) is 66.8 Å². The highest BCUT2D eigenvalue weighted by Crippen LogP contribution is 2.12. The van der Waals surface area contributed by atoms with Gasteiger partial charge in [-0.1, -0.05) is 0 Å². The third-order valence-electron chi connectivity index (χ3n) is 2.16. The van der Waals surface area contributed by atoms with E-state index in [1.165, 1.54) is 0 Å². The van der Waals surface area contributed by atoms with Gasteiger partial charge in [0.05, 0.1) is 5.56 Å². The molecule has 0 aliphatic rings. The van der Waals surface area contributed by atoms with Crippen molar-refractivity contribution in [2.24, 2.45) is 0 Å². The molecule has 0 atom stereocenters. The average Bonchev–Trinajstić information content (AvgIpc) is 2.35. The normalized spacial score (nSPS) is 9.82. The fourth-order valence-electron chi connectivity index (χ4n) is 1.17. The van der Waals surface area contributed by atoms with Gasteiger partial charge < -0.3 is 14.7 Å². The Bertz CT molecular complexity index is 397. The standard InChI is InChI=1S/C12H15NO4/c1-13(2)10-5-3-9(4-6-10)12(16)17-8-11(15)7-14/h3-6,14H,7-8H2,1-2H3. The van der Waals surface area contributed by atoms with Gasteiger partial charge in [-0.3, -0.25) is 4.79 Å². The van der Waals surface area contributed by atoms with Gasteiger partial charge in [-0.25, -0.2) is 4.79 Å². The Morgan fingerprint density at radius 3 is 2.29 bits per heavy atom. The first-order valence-corrected chi connectivity index (χ1v) is 5.11. The van der Waals surface area contributed by atoms with E-state index in [1.807, 2.05) is 19.0 Å². The summed E-state index contributed by atoms with van der Waals surface area (Å²) in [6.45, 7) is -1.02. The minimum absolute atomic E-state index is 0.376. The number of Topliss-reactive ketones (excluding diaryl/α,β-unsaturated/α-hetero) is 1. The number of carbonyl (C=O) groups excluding carboxylic acids is 2. The lowest BCUT2D eigenvalue weighted by atomic mass is 10.2. The van der Waals surface area contributed by atoms with Gasteiger partial charge in [0.25, 0.3) is 0 Å². The van der Waals surface area contributed by atoms with Crippen LogP contribution < -0.4 is 4.90 Å². The summed E-state index contributed by atoms with van der Waals surface area (Å²) < 4.78 is 4.72. The summed E-state index contributed by atoms with van der Waals surface area (Å²) in [5, 5.41) is 8.47. The van der Waals surface area contributed by atoms with Crippen molar-refractivity contribution in [2.75, 3.05) is 32.2 Å². The second kappa shape index (κ2) is 6.00. The number of hydrogen-bond donors (Lipinski definition) is 1. The van der Waals surface area contributed by atoms with Crippen LogP contribution in [0.1, 0.15) is 10.4 Å². The minimum Gasteiger partial charge on any atom is -0.454 e. The zero-order valence-corrected chi connectivity index (χ0v) is 9.84.